The van der Waals surface area contributed by atoms with E-state index >= 15 is 4.39 Å². The van der Waals surface area contributed by atoms with Gasteiger partial charge in [-0.3, -0.25) is 4.72 Å². The lowest BCUT2D eigenvalue weighted by atomic mass is 10.1. The summed E-state index contributed by atoms with van der Waals surface area (Å²) in [5.74, 6) is -2.48. The molecule has 2 aromatic heterocycles. The smallest absolute Gasteiger partial charge is 0.267 e. The van der Waals surface area contributed by atoms with Crippen LogP contribution in [0.25, 0.3) is 21.8 Å². The van der Waals surface area contributed by atoms with Gasteiger partial charge in [0.05, 0.1) is 27.0 Å². The van der Waals surface area contributed by atoms with Crippen molar-refractivity contribution in [2.75, 3.05) is 22.7 Å². The number of hydrogen-bond donors (Lipinski definition) is 1. The molecule has 1 saturated heterocycles. The van der Waals surface area contributed by atoms with E-state index in [1.54, 1.807) is 12.3 Å². The number of aromatic nitrogens is 3. The SMILES string of the molecule is O=S(=O)(Nc1cccc(-c2nc(N3CCCCC3)sc2-c2ccnc(CC3CC3)n2)c1F)c1c(F)ccc(Cl)c1F. The summed E-state index contributed by atoms with van der Waals surface area (Å²) in [6, 6.07) is 7.49. The number of nitrogens with zero attached hydrogens (tertiary/aromatic N) is 4. The van der Waals surface area contributed by atoms with Crippen LogP contribution >= 0.6 is 22.9 Å². The number of halogens is 4. The zero-order chi connectivity index (χ0) is 28.7. The molecule has 0 atom stereocenters. The predicted octanol–water partition coefficient (Wildman–Crippen LogP) is 7.08. The van der Waals surface area contributed by atoms with Crippen molar-refractivity contribution in [3.05, 3.63) is 70.9 Å². The van der Waals surface area contributed by atoms with Crippen molar-refractivity contribution in [2.24, 2.45) is 5.92 Å². The molecule has 1 saturated carbocycles. The first kappa shape index (κ1) is 27.9. The van der Waals surface area contributed by atoms with Crippen molar-refractivity contribution in [2.45, 2.75) is 43.4 Å². The zero-order valence-corrected chi connectivity index (χ0v) is 24.1. The third-order valence-corrected chi connectivity index (χ3v) is 9.95. The highest BCUT2D eigenvalue weighted by atomic mass is 35.5. The van der Waals surface area contributed by atoms with Crippen LogP contribution < -0.4 is 9.62 Å². The van der Waals surface area contributed by atoms with Gasteiger partial charge in [-0.05, 0) is 68.4 Å². The Balaban J connectivity index is 1.42. The van der Waals surface area contributed by atoms with Crippen molar-refractivity contribution >= 4 is 43.8 Å². The van der Waals surface area contributed by atoms with Gasteiger partial charge < -0.3 is 4.90 Å². The van der Waals surface area contributed by atoms with E-state index in [4.69, 9.17) is 21.6 Å². The number of thiazole rings is 1. The number of benzene rings is 2. The van der Waals surface area contributed by atoms with Crippen molar-refractivity contribution in [3.8, 4) is 21.8 Å². The summed E-state index contributed by atoms with van der Waals surface area (Å²) in [7, 11) is -4.88. The van der Waals surface area contributed by atoms with Crippen LogP contribution in [0.3, 0.4) is 0 Å². The molecule has 0 bridgehead atoms. The minimum absolute atomic E-state index is 0.0223. The highest BCUT2D eigenvalue weighted by Crippen LogP contribution is 2.42. The van der Waals surface area contributed by atoms with Crippen LogP contribution in [0.4, 0.5) is 24.0 Å². The third kappa shape index (κ3) is 5.77. The molecule has 2 aliphatic rings. The Morgan fingerprint density at radius 2 is 1.78 bits per heavy atom. The van der Waals surface area contributed by atoms with E-state index in [0.29, 0.717) is 33.1 Å². The van der Waals surface area contributed by atoms with Gasteiger partial charge in [-0.25, -0.2) is 36.5 Å². The number of nitrogens with one attached hydrogen (secondary N) is 1. The van der Waals surface area contributed by atoms with Crippen molar-refractivity contribution in [1.29, 1.82) is 0 Å². The Hall–Kier alpha value is -3.22. The Morgan fingerprint density at radius 1 is 1.00 bits per heavy atom. The molecule has 0 unspecified atom stereocenters. The van der Waals surface area contributed by atoms with E-state index in [2.05, 4.69) is 9.88 Å². The number of anilines is 2. The second-order valence-electron chi connectivity index (χ2n) is 10.2. The van der Waals surface area contributed by atoms with Crippen LogP contribution in [-0.4, -0.2) is 36.5 Å². The van der Waals surface area contributed by atoms with E-state index in [9.17, 15) is 17.2 Å². The molecule has 7 nitrogen and oxygen atoms in total. The molecule has 4 aromatic rings. The van der Waals surface area contributed by atoms with Crippen LogP contribution in [0.15, 0.2) is 47.5 Å². The van der Waals surface area contributed by atoms with Gasteiger partial charge in [-0.2, -0.15) is 0 Å². The van der Waals surface area contributed by atoms with E-state index < -0.39 is 43.1 Å². The van der Waals surface area contributed by atoms with E-state index in [-0.39, 0.29) is 5.56 Å². The molecule has 3 heterocycles. The average molecular weight is 620 g/mol. The Labute approximate surface area is 244 Å². The number of rotatable bonds is 8. The molecule has 0 radical (unpaired) electrons. The van der Waals surface area contributed by atoms with E-state index in [0.717, 1.165) is 63.7 Å². The quantitative estimate of drug-likeness (QED) is 0.212. The van der Waals surface area contributed by atoms with Crippen LogP contribution in [0, 0.1) is 23.4 Å². The standard InChI is InChI=1S/C28H25ClF3N5O2S2/c29-18-9-10-19(30)27(24(18)32)41(38,39)36-20-6-4-5-17(23(20)31)25-26(40-28(35-25)37-13-2-1-3-14-37)21-11-12-33-22(34-21)15-16-7-8-16/h4-6,9-12,16,36H,1-3,7-8,13-15H2. The lowest BCUT2D eigenvalue weighted by Gasteiger charge is -2.25. The number of hydrogen-bond acceptors (Lipinski definition) is 7. The Bertz CT molecular complexity index is 1720. The predicted molar refractivity (Wildman–Crippen MR) is 153 cm³/mol. The number of sulfonamides is 1. The Kier molecular flexibility index (Phi) is 7.64. The molecule has 1 aliphatic heterocycles. The van der Waals surface area contributed by atoms with Crippen LogP contribution in [0.1, 0.15) is 37.9 Å². The summed E-state index contributed by atoms with van der Waals surface area (Å²) in [5.41, 5.74) is 0.427. The minimum atomic E-state index is -4.88. The van der Waals surface area contributed by atoms with Crippen molar-refractivity contribution < 1.29 is 21.6 Å². The van der Waals surface area contributed by atoms with Gasteiger partial charge in [0.1, 0.15) is 11.6 Å². The lowest BCUT2D eigenvalue weighted by molar-refractivity contribution is 0.521. The molecular formula is C28H25ClF3N5O2S2. The molecule has 2 aromatic carbocycles. The van der Waals surface area contributed by atoms with E-state index in [1.807, 2.05) is 4.72 Å². The first-order valence-electron chi connectivity index (χ1n) is 13.2. The average Bonchev–Trinajstić information content (AvgIpc) is 3.66. The van der Waals surface area contributed by atoms with Gasteiger partial charge in [0.25, 0.3) is 10.0 Å². The summed E-state index contributed by atoms with van der Waals surface area (Å²) in [4.78, 5) is 15.5. The first-order valence-corrected chi connectivity index (χ1v) is 15.9. The lowest BCUT2D eigenvalue weighted by Crippen LogP contribution is -2.29. The van der Waals surface area contributed by atoms with Gasteiger partial charge in [-0.15, -0.1) is 0 Å². The molecule has 1 aliphatic carbocycles. The largest absolute Gasteiger partial charge is 0.348 e. The van der Waals surface area contributed by atoms with Gasteiger partial charge in [0, 0.05) is 31.3 Å². The maximum atomic E-state index is 16.1. The summed E-state index contributed by atoms with van der Waals surface area (Å²) in [6.45, 7) is 1.64. The minimum Gasteiger partial charge on any atom is -0.348 e. The molecule has 6 rings (SSSR count). The summed E-state index contributed by atoms with van der Waals surface area (Å²) in [5, 5.41) is 0.134. The molecule has 0 spiro atoms. The fourth-order valence-corrected chi connectivity index (χ4v) is 7.37. The summed E-state index contributed by atoms with van der Waals surface area (Å²) < 4.78 is 72.9. The van der Waals surface area contributed by atoms with E-state index in [1.165, 1.54) is 29.5 Å². The van der Waals surface area contributed by atoms with Gasteiger partial charge in [0.15, 0.2) is 21.7 Å². The fourth-order valence-electron chi connectivity index (χ4n) is 4.83. The highest BCUT2D eigenvalue weighted by molar-refractivity contribution is 7.92. The van der Waals surface area contributed by atoms with Crippen LogP contribution in [0.2, 0.25) is 5.02 Å². The summed E-state index contributed by atoms with van der Waals surface area (Å²) in [6.07, 6.45) is 7.91. The maximum Gasteiger partial charge on any atom is 0.267 e. The van der Waals surface area contributed by atoms with Crippen LogP contribution in [-0.2, 0) is 16.4 Å². The third-order valence-electron chi connectivity index (χ3n) is 7.12. The van der Waals surface area contributed by atoms with Crippen molar-refractivity contribution in [3.63, 3.8) is 0 Å². The fraction of sp³-hybridized carbons (Fsp3) is 0.321. The first-order chi connectivity index (χ1) is 19.7. The zero-order valence-electron chi connectivity index (χ0n) is 21.7. The highest BCUT2D eigenvalue weighted by Gasteiger charge is 2.29. The molecule has 13 heteroatoms. The molecule has 1 N–H and O–H groups in total. The van der Waals surface area contributed by atoms with Gasteiger partial charge >= 0.3 is 0 Å². The van der Waals surface area contributed by atoms with Crippen LogP contribution in [0.5, 0.6) is 0 Å². The Morgan fingerprint density at radius 3 is 2.54 bits per heavy atom. The molecule has 214 valence electrons. The van der Waals surface area contributed by atoms with Gasteiger partial charge in [0.2, 0.25) is 0 Å². The molecule has 41 heavy (non-hydrogen) atoms. The van der Waals surface area contributed by atoms with Gasteiger partial charge in [-0.1, -0.05) is 29.0 Å². The molecule has 2 fully saturated rings. The molecule has 0 amide bonds. The second kappa shape index (κ2) is 11.2. The number of piperidine rings is 1. The normalized spacial score (nSPS) is 15.8. The second-order valence-corrected chi connectivity index (χ2v) is 13.2. The monoisotopic (exact) mass is 619 g/mol. The molecular weight excluding hydrogens is 595 g/mol. The maximum absolute atomic E-state index is 16.1. The topological polar surface area (TPSA) is 88.1 Å². The van der Waals surface area contributed by atoms with Crippen molar-refractivity contribution in [1.82, 2.24) is 15.0 Å². The summed E-state index contributed by atoms with van der Waals surface area (Å²) >= 11 is 7.08.